The summed E-state index contributed by atoms with van der Waals surface area (Å²) in [6.45, 7) is 20.2. The van der Waals surface area contributed by atoms with Crippen LogP contribution in [0.2, 0.25) is 0 Å². The second kappa shape index (κ2) is 26.6. The molecule has 0 aromatic rings. The zero-order valence-electron chi connectivity index (χ0n) is 35.4. The maximum absolute atomic E-state index is 12.9. The van der Waals surface area contributed by atoms with E-state index < -0.39 is 46.6 Å². The number of esters is 6. The molecule has 0 heterocycles. The second-order valence-electron chi connectivity index (χ2n) is 17.2. The molecule has 0 amide bonds. The molecule has 0 saturated carbocycles. The van der Waals surface area contributed by atoms with Gasteiger partial charge in [-0.3, -0.25) is 28.8 Å². The lowest BCUT2D eigenvalue weighted by Crippen LogP contribution is -2.47. The van der Waals surface area contributed by atoms with E-state index in [1.54, 1.807) is 0 Å². The molecule has 0 bridgehead atoms. The molecule has 0 aliphatic rings. The van der Waals surface area contributed by atoms with Crippen LogP contribution in [0, 0.1) is 46.3 Å². The van der Waals surface area contributed by atoms with E-state index in [0.717, 1.165) is 6.42 Å². The van der Waals surface area contributed by atoms with Gasteiger partial charge in [-0.2, -0.15) is 0 Å². The molecule has 0 fully saturated rings. The first-order valence-corrected chi connectivity index (χ1v) is 19.6. The third-order valence-electron chi connectivity index (χ3n) is 8.14. The normalized spacial score (nSPS) is 12.6. The Morgan fingerprint density at radius 2 is 0.556 bits per heavy atom. The SMILES string of the molecule is CCC(C)CC(=O)OCC(COCC(COC(=O)CC(C)C)(COC(=O)CC(C)C)COC(=O)CC(C)C)(COC(=O)CC(C)C)COC(=O)CC(C)C. The van der Waals surface area contributed by atoms with Gasteiger partial charge in [0.2, 0.25) is 0 Å². The Morgan fingerprint density at radius 3 is 0.741 bits per heavy atom. The first-order valence-electron chi connectivity index (χ1n) is 19.6. The lowest BCUT2D eigenvalue weighted by Gasteiger charge is -2.36. The van der Waals surface area contributed by atoms with Gasteiger partial charge in [0, 0.05) is 38.5 Å². The summed E-state index contributed by atoms with van der Waals surface area (Å²) in [6, 6.07) is 0. The summed E-state index contributed by atoms with van der Waals surface area (Å²) in [7, 11) is 0. The third kappa shape index (κ3) is 25.0. The summed E-state index contributed by atoms with van der Waals surface area (Å²) < 4.78 is 40.4. The van der Waals surface area contributed by atoms with Crippen molar-refractivity contribution in [2.24, 2.45) is 46.3 Å². The Hall–Kier alpha value is -3.22. The number of carbonyl (C=O) groups excluding carboxylic acids is 6. The lowest BCUT2D eigenvalue weighted by atomic mass is 9.90. The van der Waals surface area contributed by atoms with Gasteiger partial charge < -0.3 is 33.2 Å². The molecule has 13 nitrogen and oxygen atoms in total. The van der Waals surface area contributed by atoms with Gasteiger partial charge in [0.25, 0.3) is 0 Å². The van der Waals surface area contributed by atoms with Gasteiger partial charge in [-0.15, -0.1) is 0 Å². The number of ether oxygens (including phenoxy) is 7. The third-order valence-corrected chi connectivity index (χ3v) is 8.14. The molecular formula is C41H72O13. The van der Waals surface area contributed by atoms with Crippen molar-refractivity contribution in [1.29, 1.82) is 0 Å². The van der Waals surface area contributed by atoms with E-state index >= 15 is 0 Å². The van der Waals surface area contributed by atoms with Crippen molar-refractivity contribution in [3.63, 3.8) is 0 Å². The average molecular weight is 773 g/mol. The van der Waals surface area contributed by atoms with Gasteiger partial charge in [-0.25, -0.2) is 0 Å². The van der Waals surface area contributed by atoms with Crippen LogP contribution < -0.4 is 0 Å². The van der Waals surface area contributed by atoms with Crippen LogP contribution >= 0.6 is 0 Å². The van der Waals surface area contributed by atoms with E-state index in [1.807, 2.05) is 83.1 Å². The van der Waals surface area contributed by atoms with E-state index in [0.29, 0.717) is 0 Å². The molecule has 0 N–H and O–H groups in total. The molecule has 13 heteroatoms. The highest BCUT2D eigenvalue weighted by atomic mass is 16.6. The van der Waals surface area contributed by atoms with Crippen LogP contribution in [0.4, 0.5) is 0 Å². The molecule has 0 aromatic heterocycles. The van der Waals surface area contributed by atoms with Crippen molar-refractivity contribution in [3.05, 3.63) is 0 Å². The summed E-state index contributed by atoms with van der Waals surface area (Å²) in [5.41, 5.74) is -2.71. The van der Waals surface area contributed by atoms with Crippen LogP contribution in [-0.2, 0) is 61.9 Å². The summed E-state index contributed by atoms with van der Waals surface area (Å²) in [5.74, 6) is -2.82. The molecule has 0 aliphatic carbocycles. The predicted molar refractivity (Wildman–Crippen MR) is 203 cm³/mol. The fraction of sp³-hybridized carbons (Fsp3) is 0.854. The number of hydrogen-bond acceptors (Lipinski definition) is 13. The predicted octanol–water partition coefficient (Wildman–Crippen LogP) is 6.90. The summed E-state index contributed by atoms with van der Waals surface area (Å²) >= 11 is 0. The minimum atomic E-state index is -1.35. The zero-order valence-corrected chi connectivity index (χ0v) is 35.4. The standard InChI is InChI=1S/C41H72O13/c1-13-33(12)19-39(47)54-27-41(25-52-37(45)17-31(8)9,26-53-38(46)18-32(10)11)21-48-20-40(22-49-34(42)14-28(2)3,23-50-35(43)15-29(4)5)24-51-36(44)16-30(6)7/h28-33H,13-27H2,1-12H3. The monoisotopic (exact) mass is 772 g/mol. The molecule has 314 valence electrons. The topological polar surface area (TPSA) is 167 Å². The highest BCUT2D eigenvalue weighted by Gasteiger charge is 2.41. The van der Waals surface area contributed by atoms with Crippen LogP contribution in [0.25, 0.3) is 0 Å². The van der Waals surface area contributed by atoms with Crippen LogP contribution in [0.15, 0.2) is 0 Å². The average Bonchev–Trinajstić information content (AvgIpc) is 3.04. The Labute approximate surface area is 324 Å². The van der Waals surface area contributed by atoms with Crippen LogP contribution in [0.1, 0.15) is 128 Å². The smallest absolute Gasteiger partial charge is 0.306 e. The van der Waals surface area contributed by atoms with E-state index in [4.69, 9.17) is 33.2 Å². The quantitative estimate of drug-likeness (QED) is 0.0569. The Bertz CT molecular complexity index is 1050. The summed E-state index contributed by atoms with van der Waals surface area (Å²) in [6.07, 6.45) is 1.57. The number of hydrogen-bond donors (Lipinski definition) is 0. The zero-order chi connectivity index (χ0) is 41.5. The van der Waals surface area contributed by atoms with Crippen molar-refractivity contribution in [3.8, 4) is 0 Å². The van der Waals surface area contributed by atoms with Gasteiger partial charge in [-0.05, 0) is 35.5 Å². The van der Waals surface area contributed by atoms with E-state index in [9.17, 15) is 28.8 Å². The largest absolute Gasteiger partial charge is 0.465 e. The van der Waals surface area contributed by atoms with E-state index in [1.165, 1.54) is 0 Å². The van der Waals surface area contributed by atoms with E-state index in [2.05, 4.69) is 0 Å². The first kappa shape index (κ1) is 50.8. The molecule has 54 heavy (non-hydrogen) atoms. The molecule has 0 aromatic carbocycles. The maximum Gasteiger partial charge on any atom is 0.306 e. The Kier molecular flexibility index (Phi) is 25.0. The van der Waals surface area contributed by atoms with Crippen molar-refractivity contribution < 1.29 is 61.9 Å². The van der Waals surface area contributed by atoms with Gasteiger partial charge in [0.05, 0.1) is 24.0 Å². The summed E-state index contributed by atoms with van der Waals surface area (Å²) in [4.78, 5) is 76.8. The molecular weight excluding hydrogens is 700 g/mol. The lowest BCUT2D eigenvalue weighted by molar-refractivity contribution is -0.175. The summed E-state index contributed by atoms with van der Waals surface area (Å²) in [5, 5.41) is 0. The molecule has 0 saturated heterocycles. The van der Waals surface area contributed by atoms with Gasteiger partial charge in [0.15, 0.2) is 0 Å². The second-order valence-corrected chi connectivity index (χ2v) is 17.2. The molecule has 1 unspecified atom stereocenters. The molecule has 0 radical (unpaired) electrons. The molecule has 0 rings (SSSR count). The fourth-order valence-corrected chi connectivity index (χ4v) is 4.83. The van der Waals surface area contributed by atoms with Crippen LogP contribution in [0.5, 0.6) is 0 Å². The van der Waals surface area contributed by atoms with Crippen LogP contribution in [-0.4, -0.2) is 88.7 Å². The van der Waals surface area contributed by atoms with Gasteiger partial charge in [0.1, 0.15) is 39.6 Å². The first-order chi connectivity index (χ1) is 25.1. The number of carbonyl (C=O) groups is 6. The number of rotatable bonds is 29. The van der Waals surface area contributed by atoms with Crippen molar-refractivity contribution in [1.82, 2.24) is 0 Å². The maximum atomic E-state index is 12.9. The van der Waals surface area contributed by atoms with Crippen LogP contribution in [0.3, 0.4) is 0 Å². The Balaban J connectivity index is 6.82. The molecule has 0 spiro atoms. The van der Waals surface area contributed by atoms with Gasteiger partial charge in [-0.1, -0.05) is 89.5 Å². The van der Waals surface area contributed by atoms with Crippen molar-refractivity contribution in [2.75, 3.05) is 52.9 Å². The fourth-order valence-electron chi connectivity index (χ4n) is 4.83. The Morgan fingerprint density at radius 1 is 0.352 bits per heavy atom. The van der Waals surface area contributed by atoms with Crippen molar-refractivity contribution in [2.45, 2.75) is 128 Å². The van der Waals surface area contributed by atoms with E-state index in [-0.39, 0.29) is 127 Å². The highest BCUT2D eigenvalue weighted by molar-refractivity contribution is 5.72. The molecule has 1 atom stereocenters. The minimum absolute atomic E-state index is 0.0104. The highest BCUT2D eigenvalue weighted by Crippen LogP contribution is 2.27. The molecule has 0 aliphatic heterocycles. The minimum Gasteiger partial charge on any atom is -0.465 e. The van der Waals surface area contributed by atoms with Crippen molar-refractivity contribution >= 4 is 35.8 Å². The van der Waals surface area contributed by atoms with Gasteiger partial charge >= 0.3 is 35.8 Å².